The van der Waals surface area contributed by atoms with E-state index in [4.69, 9.17) is 4.74 Å². The van der Waals surface area contributed by atoms with Gasteiger partial charge in [-0.25, -0.2) is 0 Å². The highest BCUT2D eigenvalue weighted by molar-refractivity contribution is 9.11. The Morgan fingerprint density at radius 1 is 1.24 bits per heavy atom. The van der Waals surface area contributed by atoms with Crippen molar-refractivity contribution in [1.82, 2.24) is 5.32 Å². The lowest BCUT2D eigenvalue weighted by atomic mass is 9.84. The third-order valence-corrected chi connectivity index (χ3v) is 5.39. The van der Waals surface area contributed by atoms with Gasteiger partial charge in [-0.15, -0.1) is 0 Å². The molecule has 1 atom stereocenters. The molecule has 1 aromatic carbocycles. The fraction of sp³-hybridized carbons (Fsp3) is 0.647. The summed E-state index contributed by atoms with van der Waals surface area (Å²) in [5.41, 5.74) is 1.21. The van der Waals surface area contributed by atoms with Crippen LogP contribution in [0, 0.1) is 5.92 Å². The van der Waals surface area contributed by atoms with Crippen LogP contribution in [0.1, 0.15) is 51.5 Å². The number of halogens is 2. The molecule has 1 aromatic rings. The fourth-order valence-corrected chi connectivity index (χ4v) is 4.55. The second-order valence-electron chi connectivity index (χ2n) is 5.88. The Labute approximate surface area is 145 Å². The number of rotatable bonds is 6. The van der Waals surface area contributed by atoms with E-state index in [1.165, 1.54) is 37.7 Å². The molecule has 0 unspecified atom stereocenters. The molecule has 1 saturated carbocycles. The summed E-state index contributed by atoms with van der Waals surface area (Å²) >= 11 is 7.17. The van der Waals surface area contributed by atoms with Crippen LogP contribution in [0.2, 0.25) is 0 Å². The van der Waals surface area contributed by atoms with Crippen molar-refractivity contribution in [2.45, 2.75) is 58.5 Å². The number of nitrogens with one attached hydrogen (secondary N) is 1. The number of hydrogen-bond donors (Lipinski definition) is 1. The SMILES string of the molecule is CCOc1c(Br)cc(Br)cc1CN[C@H](C)C1CCCCC1. The summed E-state index contributed by atoms with van der Waals surface area (Å²) in [4.78, 5) is 0. The maximum atomic E-state index is 5.79. The predicted molar refractivity (Wildman–Crippen MR) is 95.9 cm³/mol. The molecule has 1 aliphatic carbocycles. The highest BCUT2D eigenvalue weighted by Crippen LogP contribution is 2.33. The minimum Gasteiger partial charge on any atom is -0.492 e. The molecule has 4 heteroatoms. The van der Waals surface area contributed by atoms with Crippen molar-refractivity contribution in [3.8, 4) is 5.75 Å². The third-order valence-electron chi connectivity index (χ3n) is 4.35. The Balaban J connectivity index is 2.01. The maximum absolute atomic E-state index is 5.79. The lowest BCUT2D eigenvalue weighted by molar-refractivity contribution is 0.278. The number of ether oxygens (including phenoxy) is 1. The van der Waals surface area contributed by atoms with Crippen molar-refractivity contribution < 1.29 is 4.74 Å². The summed E-state index contributed by atoms with van der Waals surface area (Å²) in [5.74, 6) is 1.79. The molecule has 0 radical (unpaired) electrons. The molecule has 0 saturated heterocycles. The van der Waals surface area contributed by atoms with Crippen molar-refractivity contribution in [1.29, 1.82) is 0 Å². The molecular weight excluding hydrogens is 394 g/mol. The minimum atomic E-state index is 0.567. The standard InChI is InChI=1S/C17H25Br2NO/c1-3-21-17-14(9-15(18)10-16(17)19)11-20-12(2)13-7-5-4-6-8-13/h9-10,12-13,20H,3-8,11H2,1-2H3/t12-/m1/s1. The van der Waals surface area contributed by atoms with Gasteiger partial charge in [-0.1, -0.05) is 35.2 Å². The van der Waals surface area contributed by atoms with Crippen LogP contribution in [0.4, 0.5) is 0 Å². The van der Waals surface area contributed by atoms with Gasteiger partial charge in [0.2, 0.25) is 0 Å². The van der Waals surface area contributed by atoms with Gasteiger partial charge in [0.15, 0.2) is 0 Å². The normalized spacial score (nSPS) is 17.7. The molecule has 0 aromatic heterocycles. The van der Waals surface area contributed by atoms with Gasteiger partial charge in [0.1, 0.15) is 5.75 Å². The predicted octanol–water partition coefficient (Wildman–Crippen LogP) is 5.67. The summed E-state index contributed by atoms with van der Waals surface area (Å²) in [6.07, 6.45) is 6.94. The first-order valence-corrected chi connectivity index (χ1v) is 9.54. The van der Waals surface area contributed by atoms with E-state index < -0.39 is 0 Å². The van der Waals surface area contributed by atoms with Gasteiger partial charge >= 0.3 is 0 Å². The largest absolute Gasteiger partial charge is 0.492 e. The van der Waals surface area contributed by atoms with E-state index in [0.717, 1.165) is 27.2 Å². The van der Waals surface area contributed by atoms with Crippen molar-refractivity contribution in [2.75, 3.05) is 6.61 Å². The van der Waals surface area contributed by atoms with Crippen LogP contribution in [0.5, 0.6) is 5.75 Å². The lowest BCUT2D eigenvalue weighted by Gasteiger charge is -2.28. The van der Waals surface area contributed by atoms with Crippen molar-refractivity contribution in [3.63, 3.8) is 0 Å². The Hall–Kier alpha value is -0.0600. The minimum absolute atomic E-state index is 0.567. The van der Waals surface area contributed by atoms with Gasteiger partial charge in [-0.2, -0.15) is 0 Å². The van der Waals surface area contributed by atoms with E-state index in [1.807, 2.05) is 13.0 Å². The molecule has 0 bridgehead atoms. The zero-order valence-corrected chi connectivity index (χ0v) is 16.1. The quantitative estimate of drug-likeness (QED) is 0.642. The average molecular weight is 419 g/mol. The van der Waals surface area contributed by atoms with Crippen LogP contribution >= 0.6 is 31.9 Å². The molecule has 2 nitrogen and oxygen atoms in total. The first-order chi connectivity index (χ1) is 10.1. The summed E-state index contributed by atoms with van der Waals surface area (Å²) in [7, 11) is 0. The van der Waals surface area contributed by atoms with Crippen LogP contribution in [-0.2, 0) is 6.54 Å². The first kappa shape index (κ1) is 17.3. The molecule has 21 heavy (non-hydrogen) atoms. The van der Waals surface area contributed by atoms with Gasteiger partial charge in [-0.05, 0) is 60.7 Å². The number of benzene rings is 1. The smallest absolute Gasteiger partial charge is 0.138 e. The molecule has 0 aliphatic heterocycles. The summed E-state index contributed by atoms with van der Waals surface area (Å²) < 4.78 is 7.89. The van der Waals surface area contributed by atoms with E-state index in [2.05, 4.69) is 50.2 Å². The molecule has 1 aliphatic rings. The molecule has 118 valence electrons. The zero-order chi connectivity index (χ0) is 15.2. The Morgan fingerprint density at radius 3 is 2.62 bits per heavy atom. The summed E-state index contributed by atoms with van der Waals surface area (Å²) in [6.45, 7) is 5.89. The highest BCUT2D eigenvalue weighted by atomic mass is 79.9. The van der Waals surface area contributed by atoms with E-state index in [9.17, 15) is 0 Å². The summed E-state index contributed by atoms with van der Waals surface area (Å²) in [6, 6.07) is 4.76. The van der Waals surface area contributed by atoms with Crippen LogP contribution < -0.4 is 10.1 Å². The fourth-order valence-electron chi connectivity index (χ4n) is 3.12. The number of hydrogen-bond acceptors (Lipinski definition) is 2. The second-order valence-corrected chi connectivity index (χ2v) is 7.65. The van der Waals surface area contributed by atoms with E-state index in [-0.39, 0.29) is 0 Å². The van der Waals surface area contributed by atoms with E-state index in [0.29, 0.717) is 12.6 Å². The van der Waals surface area contributed by atoms with Crippen molar-refractivity contribution in [2.24, 2.45) is 5.92 Å². The van der Waals surface area contributed by atoms with Gasteiger partial charge in [0.25, 0.3) is 0 Å². The molecule has 0 spiro atoms. The Kier molecular flexibility index (Phi) is 7.03. The highest BCUT2D eigenvalue weighted by Gasteiger charge is 2.20. The lowest BCUT2D eigenvalue weighted by Crippen LogP contribution is -2.34. The molecule has 1 N–H and O–H groups in total. The third kappa shape index (κ3) is 4.97. The zero-order valence-electron chi connectivity index (χ0n) is 12.9. The van der Waals surface area contributed by atoms with E-state index >= 15 is 0 Å². The van der Waals surface area contributed by atoms with Gasteiger partial charge in [0, 0.05) is 22.6 Å². The molecule has 1 fully saturated rings. The molecule has 2 rings (SSSR count). The van der Waals surface area contributed by atoms with Crippen LogP contribution in [-0.4, -0.2) is 12.6 Å². The van der Waals surface area contributed by atoms with E-state index in [1.54, 1.807) is 0 Å². The Bertz CT molecular complexity index is 458. The summed E-state index contributed by atoms with van der Waals surface area (Å²) in [5, 5.41) is 3.70. The monoisotopic (exact) mass is 417 g/mol. The van der Waals surface area contributed by atoms with Crippen molar-refractivity contribution in [3.05, 3.63) is 26.6 Å². The second kappa shape index (κ2) is 8.54. The average Bonchev–Trinajstić information content (AvgIpc) is 2.48. The molecule has 0 heterocycles. The first-order valence-electron chi connectivity index (χ1n) is 7.96. The van der Waals surface area contributed by atoms with Gasteiger partial charge in [0.05, 0.1) is 11.1 Å². The van der Waals surface area contributed by atoms with Gasteiger partial charge in [-0.3, -0.25) is 0 Å². The topological polar surface area (TPSA) is 21.3 Å². The molecular formula is C17H25Br2NO. The van der Waals surface area contributed by atoms with Crippen molar-refractivity contribution >= 4 is 31.9 Å². The maximum Gasteiger partial charge on any atom is 0.138 e. The van der Waals surface area contributed by atoms with Crippen LogP contribution in [0.25, 0.3) is 0 Å². The van der Waals surface area contributed by atoms with Crippen LogP contribution in [0.3, 0.4) is 0 Å². The van der Waals surface area contributed by atoms with Gasteiger partial charge < -0.3 is 10.1 Å². The Morgan fingerprint density at radius 2 is 1.95 bits per heavy atom. The molecule has 0 amide bonds. The van der Waals surface area contributed by atoms with Crippen LogP contribution in [0.15, 0.2) is 21.1 Å².